The Balaban J connectivity index is 1.89. The quantitative estimate of drug-likeness (QED) is 0.787. The Morgan fingerprint density at radius 1 is 1.05 bits per heavy atom. The third kappa shape index (κ3) is 4.17. The van der Waals surface area contributed by atoms with Crippen LogP contribution in [0, 0.1) is 13.8 Å². The van der Waals surface area contributed by atoms with E-state index in [1.807, 2.05) is 18.5 Å². The van der Waals surface area contributed by atoms with Gasteiger partial charge in [0.05, 0.1) is 6.54 Å². The Morgan fingerprint density at radius 3 is 2.35 bits per heavy atom. The van der Waals surface area contributed by atoms with E-state index in [1.54, 1.807) is 0 Å². The summed E-state index contributed by atoms with van der Waals surface area (Å²) in [7, 11) is 0. The molecular weight excluding hydrogens is 248 g/mol. The maximum Gasteiger partial charge on any atom is 0.147 e. The normalized spacial score (nSPS) is 10.9. The molecule has 108 valence electrons. The van der Waals surface area contributed by atoms with Crippen LogP contribution in [0.3, 0.4) is 0 Å². The summed E-state index contributed by atoms with van der Waals surface area (Å²) in [6.45, 7) is 9.05. The van der Waals surface area contributed by atoms with E-state index in [0.717, 1.165) is 37.7 Å². The van der Waals surface area contributed by atoms with Crippen molar-refractivity contribution < 1.29 is 0 Å². The molecule has 0 unspecified atom stereocenters. The van der Waals surface area contributed by atoms with Crippen molar-refractivity contribution in [2.24, 2.45) is 0 Å². The number of aryl methyl sites for hydroxylation is 2. The summed E-state index contributed by atoms with van der Waals surface area (Å²) in [4.78, 5) is 4.33. The van der Waals surface area contributed by atoms with Gasteiger partial charge in [0.2, 0.25) is 0 Å². The van der Waals surface area contributed by atoms with Gasteiger partial charge in [-0.1, -0.05) is 31.2 Å². The molecule has 0 fully saturated rings. The monoisotopic (exact) mass is 272 g/mol. The molecule has 0 spiro atoms. The number of benzene rings is 1. The molecule has 2 aromatic rings. The highest BCUT2D eigenvalue weighted by molar-refractivity contribution is 5.23. The minimum Gasteiger partial charge on any atom is -0.316 e. The third-order valence-electron chi connectivity index (χ3n) is 3.34. The molecule has 0 saturated carbocycles. The van der Waals surface area contributed by atoms with E-state index in [9.17, 15) is 0 Å². The fourth-order valence-electron chi connectivity index (χ4n) is 2.23. The number of nitrogens with one attached hydrogen (secondary N) is 1. The van der Waals surface area contributed by atoms with Gasteiger partial charge in [-0.15, -0.1) is 0 Å². The Hall–Kier alpha value is -1.68. The first kappa shape index (κ1) is 14.7. The van der Waals surface area contributed by atoms with Gasteiger partial charge >= 0.3 is 0 Å². The van der Waals surface area contributed by atoms with Crippen molar-refractivity contribution >= 4 is 0 Å². The molecule has 20 heavy (non-hydrogen) atoms. The molecule has 0 bridgehead atoms. The first-order valence-electron chi connectivity index (χ1n) is 7.35. The van der Waals surface area contributed by atoms with Gasteiger partial charge in [-0.05, 0) is 50.9 Å². The smallest absolute Gasteiger partial charge is 0.147 e. The van der Waals surface area contributed by atoms with Crippen LogP contribution in [-0.2, 0) is 13.0 Å². The summed E-state index contributed by atoms with van der Waals surface area (Å²) in [5, 5.41) is 7.82. The van der Waals surface area contributed by atoms with Crippen LogP contribution in [0.4, 0.5) is 0 Å². The first-order chi connectivity index (χ1) is 9.69. The SMILES string of the molecule is CCCNCCc1ccc(Cn2nc(C)nc2C)cc1. The summed E-state index contributed by atoms with van der Waals surface area (Å²) in [6, 6.07) is 8.79. The van der Waals surface area contributed by atoms with Crippen LogP contribution in [0.2, 0.25) is 0 Å². The second-order valence-electron chi connectivity index (χ2n) is 5.18. The van der Waals surface area contributed by atoms with Gasteiger partial charge in [0, 0.05) is 0 Å². The van der Waals surface area contributed by atoms with Crippen LogP contribution < -0.4 is 5.32 Å². The maximum atomic E-state index is 4.39. The summed E-state index contributed by atoms with van der Waals surface area (Å²) >= 11 is 0. The minimum absolute atomic E-state index is 0.793. The number of aromatic nitrogens is 3. The minimum atomic E-state index is 0.793. The Bertz CT molecular complexity index is 528. The second kappa shape index (κ2) is 7.20. The van der Waals surface area contributed by atoms with E-state index in [-0.39, 0.29) is 0 Å². The number of nitrogens with zero attached hydrogens (tertiary/aromatic N) is 3. The molecule has 0 aliphatic carbocycles. The lowest BCUT2D eigenvalue weighted by atomic mass is 10.1. The van der Waals surface area contributed by atoms with Gasteiger partial charge in [-0.3, -0.25) is 0 Å². The molecule has 2 rings (SSSR count). The van der Waals surface area contributed by atoms with Crippen molar-refractivity contribution in [3.05, 3.63) is 47.0 Å². The lowest BCUT2D eigenvalue weighted by Crippen LogP contribution is -2.17. The van der Waals surface area contributed by atoms with E-state index in [2.05, 4.69) is 46.6 Å². The van der Waals surface area contributed by atoms with Crippen molar-refractivity contribution in [3.63, 3.8) is 0 Å². The predicted octanol–water partition coefficient (Wildman–Crippen LogP) is 2.49. The van der Waals surface area contributed by atoms with E-state index >= 15 is 0 Å². The molecule has 0 amide bonds. The highest BCUT2D eigenvalue weighted by Gasteiger charge is 2.03. The fourth-order valence-corrected chi connectivity index (χ4v) is 2.23. The third-order valence-corrected chi connectivity index (χ3v) is 3.34. The highest BCUT2D eigenvalue weighted by atomic mass is 15.3. The second-order valence-corrected chi connectivity index (χ2v) is 5.18. The van der Waals surface area contributed by atoms with Crippen LogP contribution in [0.5, 0.6) is 0 Å². The number of hydrogen-bond donors (Lipinski definition) is 1. The van der Waals surface area contributed by atoms with E-state index < -0.39 is 0 Å². The van der Waals surface area contributed by atoms with E-state index in [4.69, 9.17) is 0 Å². The standard InChI is InChI=1S/C16H24N4/c1-4-10-17-11-9-15-5-7-16(8-6-15)12-20-14(3)18-13(2)19-20/h5-8,17H,4,9-12H2,1-3H3. The zero-order chi connectivity index (χ0) is 14.4. The summed E-state index contributed by atoms with van der Waals surface area (Å²) in [5.41, 5.74) is 2.65. The molecule has 1 aromatic heterocycles. The first-order valence-corrected chi connectivity index (χ1v) is 7.35. The zero-order valence-electron chi connectivity index (χ0n) is 12.7. The van der Waals surface area contributed by atoms with E-state index in [0.29, 0.717) is 0 Å². The number of hydrogen-bond acceptors (Lipinski definition) is 3. The molecule has 0 aliphatic rings. The van der Waals surface area contributed by atoms with E-state index in [1.165, 1.54) is 17.5 Å². The van der Waals surface area contributed by atoms with Gasteiger partial charge in [0.25, 0.3) is 0 Å². The van der Waals surface area contributed by atoms with Crippen molar-refractivity contribution in [1.82, 2.24) is 20.1 Å². The zero-order valence-corrected chi connectivity index (χ0v) is 12.7. The van der Waals surface area contributed by atoms with Crippen LogP contribution in [0.15, 0.2) is 24.3 Å². The average molecular weight is 272 g/mol. The molecule has 0 radical (unpaired) electrons. The molecule has 4 nitrogen and oxygen atoms in total. The van der Waals surface area contributed by atoms with Crippen LogP contribution in [0.25, 0.3) is 0 Å². The average Bonchev–Trinajstić information content (AvgIpc) is 2.75. The lowest BCUT2D eigenvalue weighted by molar-refractivity contribution is 0.655. The topological polar surface area (TPSA) is 42.7 Å². The Kier molecular flexibility index (Phi) is 5.30. The van der Waals surface area contributed by atoms with Crippen molar-refractivity contribution in [1.29, 1.82) is 0 Å². The largest absolute Gasteiger partial charge is 0.316 e. The van der Waals surface area contributed by atoms with Gasteiger partial charge in [-0.2, -0.15) is 5.10 Å². The molecule has 4 heteroatoms. The lowest BCUT2D eigenvalue weighted by Gasteiger charge is -2.06. The molecule has 0 saturated heterocycles. The van der Waals surface area contributed by atoms with Crippen LogP contribution in [0.1, 0.15) is 36.1 Å². The van der Waals surface area contributed by atoms with Gasteiger partial charge in [0.15, 0.2) is 0 Å². The Morgan fingerprint density at radius 2 is 1.75 bits per heavy atom. The Labute approximate surface area is 121 Å². The fraction of sp³-hybridized carbons (Fsp3) is 0.500. The van der Waals surface area contributed by atoms with Crippen LogP contribution >= 0.6 is 0 Å². The van der Waals surface area contributed by atoms with Crippen LogP contribution in [-0.4, -0.2) is 27.9 Å². The van der Waals surface area contributed by atoms with Crippen molar-refractivity contribution in [3.8, 4) is 0 Å². The van der Waals surface area contributed by atoms with Crippen molar-refractivity contribution in [2.75, 3.05) is 13.1 Å². The molecule has 1 N–H and O–H groups in total. The van der Waals surface area contributed by atoms with Gasteiger partial charge in [-0.25, -0.2) is 9.67 Å². The predicted molar refractivity (Wildman–Crippen MR) is 81.9 cm³/mol. The molecule has 1 heterocycles. The summed E-state index contributed by atoms with van der Waals surface area (Å²) < 4.78 is 1.95. The molecule has 0 aliphatic heterocycles. The molecular formula is C16H24N4. The molecule has 0 atom stereocenters. The van der Waals surface area contributed by atoms with Gasteiger partial charge < -0.3 is 5.32 Å². The number of rotatable bonds is 7. The molecule has 1 aromatic carbocycles. The van der Waals surface area contributed by atoms with Gasteiger partial charge in [0.1, 0.15) is 11.6 Å². The van der Waals surface area contributed by atoms with Crippen molar-refractivity contribution in [2.45, 2.75) is 40.2 Å². The highest BCUT2D eigenvalue weighted by Crippen LogP contribution is 2.08. The maximum absolute atomic E-state index is 4.39. The summed E-state index contributed by atoms with van der Waals surface area (Å²) in [5.74, 6) is 1.80. The summed E-state index contributed by atoms with van der Waals surface area (Å²) in [6.07, 6.45) is 2.28.